The molecule has 1 atom stereocenters. The van der Waals surface area contributed by atoms with Crippen molar-refractivity contribution in [2.24, 2.45) is 11.7 Å². The molecule has 0 radical (unpaired) electrons. The molecule has 5 heteroatoms. The Morgan fingerprint density at radius 2 is 2.00 bits per heavy atom. The summed E-state index contributed by atoms with van der Waals surface area (Å²) in [7, 11) is 0. The summed E-state index contributed by atoms with van der Waals surface area (Å²) >= 11 is 0. The van der Waals surface area contributed by atoms with Crippen LogP contribution in [0.15, 0.2) is 36.5 Å². The Morgan fingerprint density at radius 3 is 2.71 bits per heavy atom. The highest BCUT2D eigenvalue weighted by molar-refractivity contribution is 5.64. The molecule has 0 aliphatic heterocycles. The van der Waals surface area contributed by atoms with Crippen LogP contribution >= 0.6 is 0 Å². The van der Waals surface area contributed by atoms with Crippen LogP contribution < -0.4 is 11.1 Å². The molecule has 1 aromatic heterocycles. The van der Waals surface area contributed by atoms with Crippen molar-refractivity contribution in [2.45, 2.75) is 26.3 Å². The van der Waals surface area contributed by atoms with E-state index in [2.05, 4.69) is 29.1 Å². The van der Waals surface area contributed by atoms with Gasteiger partial charge in [-0.1, -0.05) is 26.0 Å². The minimum Gasteiger partial charge on any atom is -0.507 e. The number of nitrogens with two attached hydrogens (primary N) is 1. The lowest BCUT2D eigenvalue weighted by Crippen LogP contribution is -2.30. The topological polar surface area (TPSA) is 84.1 Å². The van der Waals surface area contributed by atoms with E-state index in [1.807, 2.05) is 6.07 Å². The van der Waals surface area contributed by atoms with Gasteiger partial charge in [0.25, 0.3) is 0 Å². The summed E-state index contributed by atoms with van der Waals surface area (Å²) in [5, 5.41) is 13.1. The predicted molar refractivity (Wildman–Crippen MR) is 85.1 cm³/mol. The summed E-state index contributed by atoms with van der Waals surface area (Å²) in [4.78, 5) is 8.62. The monoisotopic (exact) mass is 286 g/mol. The van der Waals surface area contributed by atoms with Gasteiger partial charge in [0, 0.05) is 18.8 Å². The zero-order valence-electron chi connectivity index (χ0n) is 12.5. The van der Waals surface area contributed by atoms with Crippen LogP contribution in [-0.4, -0.2) is 27.7 Å². The van der Waals surface area contributed by atoms with E-state index >= 15 is 0 Å². The van der Waals surface area contributed by atoms with Gasteiger partial charge in [-0.3, -0.25) is 0 Å². The maximum Gasteiger partial charge on any atom is 0.165 e. The van der Waals surface area contributed by atoms with Gasteiger partial charge in [0.2, 0.25) is 0 Å². The molecule has 0 bridgehead atoms. The third kappa shape index (κ3) is 4.43. The first kappa shape index (κ1) is 15.3. The highest BCUT2D eigenvalue weighted by atomic mass is 16.3. The van der Waals surface area contributed by atoms with E-state index < -0.39 is 0 Å². The SMILES string of the molecule is CC(C)C[C@H](N)CNc1ccnc(-c2ccccc2O)n1. The number of aromatic hydroxyl groups is 1. The number of nitrogens with one attached hydrogen (secondary N) is 1. The molecule has 112 valence electrons. The minimum absolute atomic E-state index is 0.0912. The second kappa shape index (κ2) is 7.04. The maximum absolute atomic E-state index is 9.85. The number of benzene rings is 1. The molecule has 0 saturated carbocycles. The molecule has 4 N–H and O–H groups in total. The molecule has 2 aromatic rings. The molecule has 1 heterocycles. The Kier molecular flexibility index (Phi) is 5.11. The van der Waals surface area contributed by atoms with Gasteiger partial charge < -0.3 is 16.2 Å². The highest BCUT2D eigenvalue weighted by Crippen LogP contribution is 2.25. The standard InChI is InChI=1S/C16H22N4O/c1-11(2)9-12(17)10-19-15-7-8-18-16(20-15)13-5-3-4-6-14(13)21/h3-8,11-12,21H,9-10,17H2,1-2H3,(H,18,19,20)/t12-/m0/s1. The first-order valence-electron chi connectivity index (χ1n) is 7.17. The lowest BCUT2D eigenvalue weighted by Gasteiger charge is -2.15. The molecule has 0 aliphatic rings. The van der Waals surface area contributed by atoms with E-state index in [0.29, 0.717) is 29.7 Å². The third-order valence-corrected chi connectivity index (χ3v) is 3.12. The molecule has 1 aromatic carbocycles. The summed E-state index contributed by atoms with van der Waals surface area (Å²) in [6.07, 6.45) is 2.63. The van der Waals surface area contributed by atoms with Crippen molar-refractivity contribution in [3.05, 3.63) is 36.5 Å². The predicted octanol–water partition coefficient (Wildman–Crippen LogP) is 2.63. The average molecular weight is 286 g/mol. The first-order valence-corrected chi connectivity index (χ1v) is 7.17. The Bertz CT molecular complexity index is 586. The molecular weight excluding hydrogens is 264 g/mol. The summed E-state index contributed by atoms with van der Waals surface area (Å²) in [5.41, 5.74) is 6.67. The second-order valence-corrected chi connectivity index (χ2v) is 5.55. The lowest BCUT2D eigenvalue weighted by atomic mass is 10.0. The zero-order chi connectivity index (χ0) is 15.2. The van der Waals surface area contributed by atoms with Gasteiger partial charge >= 0.3 is 0 Å². The second-order valence-electron chi connectivity index (χ2n) is 5.55. The highest BCUT2D eigenvalue weighted by Gasteiger charge is 2.09. The fourth-order valence-corrected chi connectivity index (χ4v) is 2.17. The van der Waals surface area contributed by atoms with E-state index in [4.69, 9.17) is 5.73 Å². The third-order valence-electron chi connectivity index (χ3n) is 3.12. The van der Waals surface area contributed by atoms with Crippen LogP contribution in [0.3, 0.4) is 0 Å². The largest absolute Gasteiger partial charge is 0.507 e. The van der Waals surface area contributed by atoms with Crippen molar-refractivity contribution in [2.75, 3.05) is 11.9 Å². The number of anilines is 1. The number of nitrogens with zero attached hydrogens (tertiary/aromatic N) is 2. The van der Waals surface area contributed by atoms with Gasteiger partial charge in [0.1, 0.15) is 11.6 Å². The number of rotatable bonds is 6. The van der Waals surface area contributed by atoms with E-state index in [1.54, 1.807) is 30.5 Å². The quantitative estimate of drug-likeness (QED) is 0.760. The Morgan fingerprint density at radius 1 is 1.24 bits per heavy atom. The average Bonchev–Trinajstić information content (AvgIpc) is 2.45. The van der Waals surface area contributed by atoms with Crippen LogP contribution in [0, 0.1) is 5.92 Å². The van der Waals surface area contributed by atoms with Gasteiger partial charge in [-0.05, 0) is 30.5 Å². The van der Waals surface area contributed by atoms with Gasteiger partial charge in [0.05, 0.1) is 5.56 Å². The Labute approximate surface area is 125 Å². The van der Waals surface area contributed by atoms with E-state index in [1.165, 1.54) is 0 Å². The van der Waals surface area contributed by atoms with Crippen molar-refractivity contribution in [3.63, 3.8) is 0 Å². The number of hydrogen-bond donors (Lipinski definition) is 3. The summed E-state index contributed by atoms with van der Waals surface area (Å²) in [6, 6.07) is 8.92. The normalized spacial score (nSPS) is 12.4. The van der Waals surface area contributed by atoms with Crippen molar-refractivity contribution in [1.82, 2.24) is 9.97 Å². The van der Waals surface area contributed by atoms with Crippen LogP contribution in [0.5, 0.6) is 5.75 Å². The van der Waals surface area contributed by atoms with Crippen LogP contribution in [-0.2, 0) is 0 Å². The van der Waals surface area contributed by atoms with E-state index in [9.17, 15) is 5.11 Å². The molecule has 5 nitrogen and oxygen atoms in total. The first-order chi connectivity index (χ1) is 10.1. The number of phenolic OH excluding ortho intramolecular Hbond substituents is 1. The molecule has 0 aliphatic carbocycles. The fourth-order valence-electron chi connectivity index (χ4n) is 2.17. The summed E-state index contributed by atoms with van der Waals surface area (Å²) in [6.45, 7) is 4.97. The minimum atomic E-state index is 0.0912. The smallest absolute Gasteiger partial charge is 0.165 e. The van der Waals surface area contributed by atoms with Crippen LogP contribution in [0.1, 0.15) is 20.3 Å². The number of hydrogen-bond acceptors (Lipinski definition) is 5. The van der Waals surface area contributed by atoms with Gasteiger partial charge in [-0.25, -0.2) is 9.97 Å². The fraction of sp³-hybridized carbons (Fsp3) is 0.375. The van der Waals surface area contributed by atoms with Crippen molar-refractivity contribution >= 4 is 5.82 Å². The van der Waals surface area contributed by atoms with Crippen LogP contribution in [0.25, 0.3) is 11.4 Å². The molecule has 0 saturated heterocycles. The van der Waals surface area contributed by atoms with Crippen molar-refractivity contribution in [3.8, 4) is 17.1 Å². The number of aromatic nitrogens is 2. The maximum atomic E-state index is 9.85. The summed E-state index contributed by atoms with van der Waals surface area (Å²) < 4.78 is 0. The molecule has 0 amide bonds. The van der Waals surface area contributed by atoms with Gasteiger partial charge in [-0.2, -0.15) is 0 Å². The molecule has 0 spiro atoms. The van der Waals surface area contributed by atoms with E-state index in [0.717, 1.165) is 6.42 Å². The van der Waals surface area contributed by atoms with E-state index in [-0.39, 0.29) is 11.8 Å². The number of para-hydroxylation sites is 1. The number of phenols is 1. The Hall–Kier alpha value is -2.14. The zero-order valence-corrected chi connectivity index (χ0v) is 12.5. The van der Waals surface area contributed by atoms with Crippen molar-refractivity contribution in [1.29, 1.82) is 0 Å². The van der Waals surface area contributed by atoms with Gasteiger partial charge in [0.15, 0.2) is 5.82 Å². The van der Waals surface area contributed by atoms with Gasteiger partial charge in [-0.15, -0.1) is 0 Å². The van der Waals surface area contributed by atoms with Crippen LogP contribution in [0.2, 0.25) is 0 Å². The molecule has 21 heavy (non-hydrogen) atoms. The van der Waals surface area contributed by atoms with Crippen LogP contribution in [0.4, 0.5) is 5.82 Å². The summed E-state index contributed by atoms with van der Waals surface area (Å²) in [5.74, 6) is 1.95. The molecule has 0 unspecified atom stereocenters. The lowest BCUT2D eigenvalue weighted by molar-refractivity contribution is 0.477. The Balaban J connectivity index is 2.07. The molecule has 2 rings (SSSR count). The van der Waals surface area contributed by atoms with Crippen molar-refractivity contribution < 1.29 is 5.11 Å². The molecule has 0 fully saturated rings. The molecular formula is C16H22N4O.